The van der Waals surface area contributed by atoms with Crippen LogP contribution in [0.1, 0.15) is 36.2 Å². The molecular weight excluding hydrogens is 469 g/mol. The van der Waals surface area contributed by atoms with Crippen LogP contribution in [0.2, 0.25) is 0 Å². The molecule has 146 valence electrons. The first-order valence-corrected chi connectivity index (χ1v) is 10.1. The predicted octanol–water partition coefficient (Wildman–Crippen LogP) is 4.46. The van der Waals surface area contributed by atoms with Gasteiger partial charge in [0.05, 0.1) is 0 Å². The van der Waals surface area contributed by atoms with E-state index < -0.39 is 11.6 Å². The van der Waals surface area contributed by atoms with Crippen molar-refractivity contribution < 1.29 is 19.4 Å². The maximum absolute atomic E-state index is 12.6. The summed E-state index contributed by atoms with van der Waals surface area (Å²) in [6.07, 6.45) is 2.79. The predicted molar refractivity (Wildman–Crippen MR) is 116 cm³/mol. The van der Waals surface area contributed by atoms with Crippen LogP contribution >= 0.6 is 22.6 Å². The van der Waals surface area contributed by atoms with Crippen molar-refractivity contribution >= 4 is 40.0 Å². The van der Waals surface area contributed by atoms with Gasteiger partial charge in [0.2, 0.25) is 0 Å². The van der Waals surface area contributed by atoms with E-state index in [0.717, 1.165) is 21.1 Å². The number of nitrogens with zero attached hydrogens (tertiary/aromatic N) is 1. The van der Waals surface area contributed by atoms with E-state index in [9.17, 15) is 14.7 Å². The Labute approximate surface area is 178 Å². The van der Waals surface area contributed by atoms with E-state index in [4.69, 9.17) is 4.74 Å². The van der Waals surface area contributed by atoms with Gasteiger partial charge < -0.3 is 14.7 Å². The molecule has 0 spiro atoms. The van der Waals surface area contributed by atoms with E-state index in [1.807, 2.05) is 47.4 Å². The summed E-state index contributed by atoms with van der Waals surface area (Å²) >= 11 is 2.22. The molecule has 6 heteroatoms. The Morgan fingerprint density at radius 3 is 2.46 bits per heavy atom. The second-order valence-corrected chi connectivity index (χ2v) is 8.43. The fourth-order valence-corrected chi connectivity index (χ4v) is 3.35. The van der Waals surface area contributed by atoms with E-state index in [1.54, 1.807) is 6.07 Å². The minimum Gasteiger partial charge on any atom is -0.478 e. The number of ether oxygens (including phenoxy) is 1. The lowest BCUT2D eigenvalue weighted by molar-refractivity contribution is -0.152. The van der Waals surface area contributed by atoms with Crippen LogP contribution in [0.4, 0.5) is 0 Å². The first-order valence-electron chi connectivity index (χ1n) is 9.03. The van der Waals surface area contributed by atoms with Crippen LogP contribution in [0.25, 0.3) is 5.57 Å². The van der Waals surface area contributed by atoms with Gasteiger partial charge >= 0.3 is 5.97 Å². The normalized spacial score (nSPS) is 14.4. The van der Waals surface area contributed by atoms with Crippen molar-refractivity contribution in [1.29, 1.82) is 0 Å². The van der Waals surface area contributed by atoms with Gasteiger partial charge in [-0.2, -0.15) is 0 Å². The fourth-order valence-electron chi connectivity index (χ4n) is 2.99. The number of carboxylic acids is 1. The molecule has 5 nitrogen and oxygen atoms in total. The average molecular weight is 491 g/mol. The Morgan fingerprint density at radius 2 is 1.86 bits per heavy atom. The third kappa shape index (κ3) is 4.73. The summed E-state index contributed by atoms with van der Waals surface area (Å²) < 4.78 is 6.73. The molecule has 28 heavy (non-hydrogen) atoms. The molecule has 0 fully saturated rings. The second-order valence-electron chi connectivity index (χ2n) is 7.18. The molecule has 1 aliphatic rings. The van der Waals surface area contributed by atoms with Crippen LogP contribution in [0.3, 0.4) is 0 Å². The molecule has 0 aromatic heterocycles. The van der Waals surface area contributed by atoms with Gasteiger partial charge in [0, 0.05) is 22.2 Å². The van der Waals surface area contributed by atoms with Gasteiger partial charge in [-0.15, -0.1) is 0 Å². The second kappa shape index (κ2) is 8.34. The molecule has 0 unspecified atom stereocenters. The molecule has 0 bridgehead atoms. The molecule has 1 heterocycles. The van der Waals surface area contributed by atoms with Gasteiger partial charge in [-0.05, 0) is 90.4 Å². The quantitative estimate of drug-likeness (QED) is 0.628. The highest BCUT2D eigenvalue weighted by Crippen LogP contribution is 2.28. The van der Waals surface area contributed by atoms with Crippen LogP contribution in [0, 0.1) is 3.57 Å². The van der Waals surface area contributed by atoms with Crippen molar-refractivity contribution in [1.82, 2.24) is 4.90 Å². The van der Waals surface area contributed by atoms with Crippen LogP contribution in [-0.2, 0) is 4.79 Å². The van der Waals surface area contributed by atoms with Crippen LogP contribution in [0.5, 0.6) is 5.75 Å². The van der Waals surface area contributed by atoms with Gasteiger partial charge in [-0.3, -0.25) is 4.79 Å². The largest absolute Gasteiger partial charge is 0.478 e. The highest BCUT2D eigenvalue weighted by Gasteiger charge is 2.29. The third-order valence-electron chi connectivity index (χ3n) is 4.68. The zero-order valence-electron chi connectivity index (χ0n) is 15.8. The number of carbonyl (C=O) groups is 2. The number of amides is 1. The molecule has 0 saturated heterocycles. The Hall–Kier alpha value is -2.35. The maximum Gasteiger partial charge on any atom is 0.347 e. The van der Waals surface area contributed by atoms with Gasteiger partial charge in [-0.25, -0.2) is 4.79 Å². The molecule has 1 amide bonds. The highest BCUT2D eigenvalue weighted by molar-refractivity contribution is 14.1. The Bertz CT molecular complexity index is 918. The molecule has 0 atom stereocenters. The standard InChI is InChI=1S/C22H22INO4/c1-22(2,21(26)27)28-19-5-3-4-17(14-19)15-10-12-24(13-11-15)20(25)16-6-8-18(23)9-7-16/h3-10,14H,11-13H2,1-2H3,(H,26,27). The van der Waals surface area contributed by atoms with Crippen molar-refractivity contribution in [3.8, 4) is 5.75 Å². The summed E-state index contributed by atoms with van der Waals surface area (Å²) in [7, 11) is 0. The highest BCUT2D eigenvalue weighted by atomic mass is 127. The number of benzene rings is 2. The molecule has 1 aliphatic heterocycles. The molecule has 3 rings (SSSR count). The SMILES string of the molecule is CC(C)(Oc1cccc(C2=CCN(C(=O)c3ccc(I)cc3)CC2)c1)C(=O)O. The summed E-state index contributed by atoms with van der Waals surface area (Å²) in [5.41, 5.74) is 1.52. The van der Waals surface area contributed by atoms with E-state index in [0.29, 0.717) is 24.4 Å². The summed E-state index contributed by atoms with van der Waals surface area (Å²) in [5, 5.41) is 9.24. The van der Waals surface area contributed by atoms with Crippen LogP contribution in [-0.4, -0.2) is 40.6 Å². The van der Waals surface area contributed by atoms with Gasteiger partial charge in [0.1, 0.15) is 5.75 Å². The lowest BCUT2D eigenvalue weighted by atomic mass is 9.98. The molecular formula is C22H22INO4. The van der Waals surface area contributed by atoms with Crippen molar-refractivity contribution in [3.63, 3.8) is 0 Å². The number of hydrogen-bond acceptors (Lipinski definition) is 3. The van der Waals surface area contributed by atoms with E-state index >= 15 is 0 Å². The van der Waals surface area contributed by atoms with Gasteiger partial charge in [0.25, 0.3) is 5.91 Å². The molecule has 0 saturated carbocycles. The molecule has 2 aromatic rings. The Kier molecular flexibility index (Phi) is 6.07. The first kappa shape index (κ1) is 20.4. The Balaban J connectivity index is 1.71. The summed E-state index contributed by atoms with van der Waals surface area (Å²) in [4.78, 5) is 25.8. The molecule has 2 aromatic carbocycles. The topological polar surface area (TPSA) is 66.8 Å². The lowest BCUT2D eigenvalue weighted by Gasteiger charge is -2.27. The number of halogens is 1. The number of carbonyl (C=O) groups excluding carboxylic acids is 1. The number of carboxylic acid groups (broad SMARTS) is 1. The van der Waals surface area contributed by atoms with Crippen molar-refractivity contribution in [2.45, 2.75) is 25.9 Å². The van der Waals surface area contributed by atoms with E-state index in [1.165, 1.54) is 13.8 Å². The smallest absolute Gasteiger partial charge is 0.347 e. The fraction of sp³-hybridized carbons (Fsp3) is 0.273. The van der Waals surface area contributed by atoms with Gasteiger partial charge in [-0.1, -0.05) is 18.2 Å². The number of hydrogen-bond donors (Lipinski definition) is 1. The number of rotatable bonds is 5. The van der Waals surface area contributed by atoms with E-state index in [-0.39, 0.29) is 5.91 Å². The number of aliphatic carboxylic acids is 1. The molecule has 1 N–H and O–H groups in total. The minimum absolute atomic E-state index is 0.0343. The Morgan fingerprint density at radius 1 is 1.14 bits per heavy atom. The average Bonchev–Trinajstić information content (AvgIpc) is 2.68. The summed E-state index contributed by atoms with van der Waals surface area (Å²) in [5.74, 6) is -0.463. The lowest BCUT2D eigenvalue weighted by Crippen LogP contribution is -2.37. The monoisotopic (exact) mass is 491 g/mol. The minimum atomic E-state index is -1.30. The van der Waals surface area contributed by atoms with Crippen molar-refractivity contribution in [2.24, 2.45) is 0 Å². The third-order valence-corrected chi connectivity index (χ3v) is 5.40. The molecule has 0 radical (unpaired) electrons. The first-order chi connectivity index (χ1) is 13.3. The zero-order valence-corrected chi connectivity index (χ0v) is 18.0. The van der Waals surface area contributed by atoms with E-state index in [2.05, 4.69) is 28.7 Å². The van der Waals surface area contributed by atoms with Crippen molar-refractivity contribution in [3.05, 3.63) is 69.3 Å². The summed E-state index contributed by atoms with van der Waals surface area (Å²) in [6, 6.07) is 15.0. The van der Waals surface area contributed by atoms with Gasteiger partial charge in [0.15, 0.2) is 5.60 Å². The molecule has 0 aliphatic carbocycles. The summed E-state index contributed by atoms with van der Waals surface area (Å²) in [6.45, 7) is 4.24. The zero-order chi connectivity index (χ0) is 20.3. The van der Waals surface area contributed by atoms with Crippen LogP contribution < -0.4 is 4.74 Å². The van der Waals surface area contributed by atoms with Crippen molar-refractivity contribution in [2.75, 3.05) is 13.1 Å². The maximum atomic E-state index is 12.6. The van der Waals surface area contributed by atoms with Crippen LogP contribution in [0.15, 0.2) is 54.6 Å².